The molecule has 0 saturated heterocycles. The van der Waals surface area contributed by atoms with Gasteiger partial charge in [0.05, 0.1) is 0 Å². The summed E-state index contributed by atoms with van der Waals surface area (Å²) in [5.74, 6) is 0. The molecule has 7 nitrogen and oxygen atoms in total. The molecule has 0 heterocycles. The molecule has 0 aromatic heterocycles. The molecule has 0 bridgehead atoms. The summed E-state index contributed by atoms with van der Waals surface area (Å²) >= 11 is 0. The molecule has 7 heteroatoms. The fraction of sp³-hybridized carbons (Fsp3) is 0.667. The molecule has 0 fully saturated rings. The van der Waals surface area contributed by atoms with Crippen LogP contribution in [-0.4, -0.2) is 35.6 Å². The highest BCUT2D eigenvalue weighted by Gasteiger charge is 1.91. The van der Waals surface area contributed by atoms with Gasteiger partial charge >= 0.3 is 12.2 Å². The zero-order chi connectivity index (χ0) is 10.7. The van der Waals surface area contributed by atoms with Gasteiger partial charge in [0.1, 0.15) is 0 Å². The molecular formula is C6H12N2O5. The fourth-order valence-electron chi connectivity index (χ4n) is 0.290. The highest BCUT2D eigenvalue weighted by molar-refractivity contribution is 5.70. The Morgan fingerprint density at radius 1 is 1.08 bits per heavy atom. The number of ether oxygens (including phenoxy) is 1. The summed E-state index contributed by atoms with van der Waals surface area (Å²) in [4.78, 5) is 18.8. The molecular weight excluding hydrogens is 180 g/mol. The van der Waals surface area contributed by atoms with Crippen molar-refractivity contribution in [2.45, 2.75) is 13.8 Å². The lowest BCUT2D eigenvalue weighted by atomic mass is 10.8. The Morgan fingerprint density at radius 3 is 1.46 bits per heavy atom. The van der Waals surface area contributed by atoms with E-state index >= 15 is 0 Å². The molecule has 0 aliphatic carbocycles. The van der Waals surface area contributed by atoms with E-state index < -0.39 is 12.2 Å². The van der Waals surface area contributed by atoms with E-state index in [1.165, 1.54) is 0 Å². The Kier molecular flexibility index (Phi) is 11.3. The lowest BCUT2D eigenvalue weighted by Crippen LogP contribution is -1.87. The van der Waals surface area contributed by atoms with E-state index in [2.05, 4.69) is 10.2 Å². The smallest absolute Gasteiger partial charge is 0.450 e. The first-order chi connectivity index (χ1) is 6.04. The van der Waals surface area contributed by atoms with Crippen LogP contribution in [0.5, 0.6) is 0 Å². The van der Waals surface area contributed by atoms with Crippen molar-refractivity contribution >= 4 is 12.2 Å². The number of hydrogen-bond acceptors (Lipinski definition) is 3. The van der Waals surface area contributed by atoms with Crippen molar-refractivity contribution in [2.75, 3.05) is 13.2 Å². The molecule has 2 amide bonds. The number of rotatable bonds is 2. The van der Waals surface area contributed by atoms with Gasteiger partial charge in [-0.15, -0.1) is 0 Å². The Balaban J connectivity index is 0. The van der Waals surface area contributed by atoms with Gasteiger partial charge in [-0.3, -0.25) is 0 Å². The highest BCUT2D eigenvalue weighted by atomic mass is 16.5. The molecule has 2 N–H and O–H groups in total. The lowest BCUT2D eigenvalue weighted by molar-refractivity contribution is 0.162. The number of azo groups is 1. The van der Waals surface area contributed by atoms with Crippen LogP contribution in [0.25, 0.3) is 0 Å². The summed E-state index contributed by atoms with van der Waals surface area (Å²) in [7, 11) is 0. The van der Waals surface area contributed by atoms with E-state index in [-0.39, 0.29) is 0 Å². The maximum atomic E-state index is 9.38. The van der Waals surface area contributed by atoms with Gasteiger partial charge in [-0.05, 0) is 13.8 Å². The normalized spacial score (nSPS) is 9.08. The van der Waals surface area contributed by atoms with E-state index in [1.807, 2.05) is 13.8 Å². The lowest BCUT2D eigenvalue weighted by Gasteiger charge is -1.86. The van der Waals surface area contributed by atoms with E-state index in [1.54, 1.807) is 0 Å². The van der Waals surface area contributed by atoms with Crippen LogP contribution in [0.15, 0.2) is 10.2 Å². The topological polar surface area (TPSA) is 109 Å². The predicted molar refractivity (Wildman–Crippen MR) is 43.1 cm³/mol. The Labute approximate surface area is 75.0 Å². The summed E-state index contributed by atoms with van der Waals surface area (Å²) in [6.07, 6.45) is -3.24. The van der Waals surface area contributed by atoms with E-state index in [9.17, 15) is 9.59 Å². The van der Waals surface area contributed by atoms with Crippen molar-refractivity contribution in [1.82, 2.24) is 0 Å². The standard InChI is InChI=1S/C4H10O.C2H2N2O4/c1-3-5-4-2;5-1(6)3-4-2(7)8/h3-4H2,1-2H3;(H,5,6)(H,7,8)/b;4-3+. The van der Waals surface area contributed by atoms with Crippen molar-refractivity contribution < 1.29 is 24.5 Å². The van der Waals surface area contributed by atoms with E-state index in [4.69, 9.17) is 14.9 Å². The summed E-state index contributed by atoms with van der Waals surface area (Å²) in [6.45, 7) is 5.67. The molecule has 0 aromatic carbocycles. The van der Waals surface area contributed by atoms with Gasteiger partial charge in [-0.25, -0.2) is 9.59 Å². The number of carboxylic acid groups (broad SMARTS) is 2. The van der Waals surface area contributed by atoms with Gasteiger partial charge in [0.15, 0.2) is 0 Å². The number of amides is 2. The van der Waals surface area contributed by atoms with Gasteiger partial charge in [0.2, 0.25) is 0 Å². The highest BCUT2D eigenvalue weighted by Crippen LogP contribution is 1.76. The molecule has 0 spiro atoms. The van der Waals surface area contributed by atoms with Crippen LogP contribution in [-0.2, 0) is 4.74 Å². The molecule has 13 heavy (non-hydrogen) atoms. The second kappa shape index (κ2) is 10.5. The zero-order valence-electron chi connectivity index (χ0n) is 7.43. The van der Waals surface area contributed by atoms with Crippen LogP contribution in [0.3, 0.4) is 0 Å². The Hall–Kier alpha value is -1.50. The maximum Gasteiger partial charge on any atom is 0.450 e. The fourth-order valence-corrected chi connectivity index (χ4v) is 0.290. The Morgan fingerprint density at radius 2 is 1.38 bits per heavy atom. The predicted octanol–water partition coefficient (Wildman–Crippen LogP) is 1.84. The van der Waals surface area contributed by atoms with Gasteiger partial charge < -0.3 is 14.9 Å². The van der Waals surface area contributed by atoms with Crippen LogP contribution in [0.4, 0.5) is 9.59 Å². The minimum absolute atomic E-state index is 0.844. The molecule has 0 aromatic rings. The maximum absolute atomic E-state index is 9.38. The second-order valence-electron chi connectivity index (χ2n) is 1.55. The van der Waals surface area contributed by atoms with Crippen molar-refractivity contribution in [3.63, 3.8) is 0 Å². The molecule has 0 saturated carbocycles. The second-order valence-corrected chi connectivity index (χ2v) is 1.55. The average molecular weight is 192 g/mol. The Bertz CT molecular complexity index is 162. The van der Waals surface area contributed by atoms with Crippen LogP contribution in [0.2, 0.25) is 0 Å². The summed E-state index contributed by atoms with van der Waals surface area (Å²) in [5.41, 5.74) is 0. The molecule has 0 aliphatic rings. The van der Waals surface area contributed by atoms with Crippen LogP contribution >= 0.6 is 0 Å². The van der Waals surface area contributed by atoms with Gasteiger partial charge in [0.25, 0.3) is 0 Å². The molecule has 0 atom stereocenters. The minimum atomic E-state index is -1.62. The first-order valence-electron chi connectivity index (χ1n) is 3.49. The quantitative estimate of drug-likeness (QED) is 0.648. The first kappa shape index (κ1) is 14.0. The number of hydrogen-bond donors (Lipinski definition) is 2. The summed E-state index contributed by atoms with van der Waals surface area (Å²) in [6, 6.07) is 0. The monoisotopic (exact) mass is 192 g/mol. The van der Waals surface area contributed by atoms with Crippen LogP contribution in [0.1, 0.15) is 13.8 Å². The first-order valence-corrected chi connectivity index (χ1v) is 3.49. The van der Waals surface area contributed by atoms with E-state index in [0.29, 0.717) is 0 Å². The third-order valence-corrected chi connectivity index (χ3v) is 0.629. The largest absolute Gasteiger partial charge is 0.462 e. The van der Waals surface area contributed by atoms with E-state index in [0.717, 1.165) is 13.2 Å². The van der Waals surface area contributed by atoms with Crippen LogP contribution in [0, 0.1) is 0 Å². The molecule has 0 unspecified atom stereocenters. The number of carbonyl (C=O) groups is 2. The minimum Gasteiger partial charge on any atom is -0.462 e. The van der Waals surface area contributed by atoms with Crippen molar-refractivity contribution in [1.29, 1.82) is 0 Å². The van der Waals surface area contributed by atoms with Crippen molar-refractivity contribution in [2.24, 2.45) is 10.2 Å². The average Bonchev–Trinajstić information content (AvgIpc) is 2.03. The molecule has 0 rings (SSSR count). The van der Waals surface area contributed by atoms with Crippen LogP contribution < -0.4 is 0 Å². The van der Waals surface area contributed by atoms with Crippen molar-refractivity contribution in [3.05, 3.63) is 0 Å². The van der Waals surface area contributed by atoms with Gasteiger partial charge in [-0.1, -0.05) is 10.2 Å². The van der Waals surface area contributed by atoms with Crippen molar-refractivity contribution in [3.8, 4) is 0 Å². The summed E-state index contributed by atoms with van der Waals surface area (Å²) < 4.78 is 4.83. The molecule has 76 valence electrons. The third kappa shape index (κ3) is 25.1. The molecule has 0 radical (unpaired) electrons. The summed E-state index contributed by atoms with van der Waals surface area (Å²) in [5, 5.41) is 19.8. The van der Waals surface area contributed by atoms with Gasteiger partial charge in [0, 0.05) is 13.2 Å². The molecule has 0 aliphatic heterocycles. The third-order valence-electron chi connectivity index (χ3n) is 0.629. The zero-order valence-corrected chi connectivity index (χ0v) is 7.43. The number of nitrogens with zero attached hydrogens (tertiary/aromatic N) is 2. The van der Waals surface area contributed by atoms with Gasteiger partial charge in [-0.2, -0.15) is 0 Å². The SMILES string of the molecule is CCOCC.O=C(O)/N=N/C(=O)O.